The summed E-state index contributed by atoms with van der Waals surface area (Å²) in [5, 5.41) is 18.3. The van der Waals surface area contributed by atoms with Gasteiger partial charge in [-0.2, -0.15) is 0 Å². The second-order valence-electron chi connectivity index (χ2n) is 4.15. The molecule has 17 heavy (non-hydrogen) atoms. The van der Waals surface area contributed by atoms with E-state index in [0.29, 0.717) is 5.57 Å². The maximum absolute atomic E-state index is 11.4. The van der Waals surface area contributed by atoms with Gasteiger partial charge in [0.25, 0.3) is 0 Å². The molecule has 0 aromatic heterocycles. The Hall–Kier alpha value is -1.62. The zero-order chi connectivity index (χ0) is 13.1. The molecule has 0 bridgehead atoms. The number of ether oxygens (including phenoxy) is 1. The van der Waals surface area contributed by atoms with Gasteiger partial charge in [-0.15, -0.1) is 0 Å². The van der Waals surface area contributed by atoms with E-state index in [9.17, 15) is 14.7 Å². The van der Waals surface area contributed by atoms with Crippen molar-refractivity contribution >= 4 is 11.9 Å². The van der Waals surface area contributed by atoms with E-state index in [1.807, 2.05) is 0 Å². The zero-order valence-corrected chi connectivity index (χ0v) is 9.90. The number of carboxylic acid groups (broad SMARTS) is 2. The van der Waals surface area contributed by atoms with Crippen molar-refractivity contribution in [2.45, 2.75) is 19.8 Å². The minimum atomic E-state index is -1.15. The molecule has 94 valence electrons. The molecule has 0 fully saturated rings. The molecule has 1 aliphatic rings. The average Bonchev–Trinajstić information content (AvgIpc) is 2.27. The predicted octanol–water partition coefficient (Wildman–Crippen LogP) is 1.45. The van der Waals surface area contributed by atoms with E-state index < -0.39 is 17.4 Å². The van der Waals surface area contributed by atoms with E-state index in [1.165, 1.54) is 13.2 Å². The standard InChI is InChI=1S/C12H16O5/c1-8-3-4-9(10(13)14)7-12(8,11(15)16)5-6-17-2/h3-4H,5-7H2,1-2H3,(H,13,14)(H,15,16). The largest absolute Gasteiger partial charge is 0.481 e. The molecule has 5 nitrogen and oxygen atoms in total. The predicted molar refractivity (Wildman–Crippen MR) is 60.7 cm³/mol. The van der Waals surface area contributed by atoms with Crippen molar-refractivity contribution in [2.75, 3.05) is 13.7 Å². The fraction of sp³-hybridized carbons (Fsp3) is 0.500. The quantitative estimate of drug-likeness (QED) is 0.760. The third-order valence-corrected chi connectivity index (χ3v) is 3.20. The number of allylic oxidation sites excluding steroid dienone is 2. The lowest BCUT2D eigenvalue weighted by Gasteiger charge is -2.32. The smallest absolute Gasteiger partial charge is 0.331 e. The van der Waals surface area contributed by atoms with Crippen molar-refractivity contribution in [3.8, 4) is 0 Å². The highest BCUT2D eigenvalue weighted by Gasteiger charge is 2.43. The van der Waals surface area contributed by atoms with Gasteiger partial charge in [0.05, 0.1) is 5.41 Å². The van der Waals surface area contributed by atoms with Gasteiger partial charge in [0.1, 0.15) is 0 Å². The summed E-state index contributed by atoms with van der Waals surface area (Å²) >= 11 is 0. The van der Waals surface area contributed by atoms with Gasteiger partial charge in [0.2, 0.25) is 0 Å². The number of carbonyl (C=O) groups is 2. The maximum Gasteiger partial charge on any atom is 0.331 e. The van der Waals surface area contributed by atoms with Gasteiger partial charge in [-0.25, -0.2) is 4.79 Å². The molecule has 1 unspecified atom stereocenters. The van der Waals surface area contributed by atoms with Crippen LogP contribution in [0, 0.1) is 5.41 Å². The summed E-state index contributed by atoms with van der Waals surface area (Å²) in [5.41, 5.74) is -0.375. The molecular weight excluding hydrogens is 224 g/mol. The molecule has 2 N–H and O–H groups in total. The van der Waals surface area contributed by atoms with Crippen molar-refractivity contribution in [1.29, 1.82) is 0 Å². The van der Waals surface area contributed by atoms with Crippen LogP contribution in [0.3, 0.4) is 0 Å². The summed E-state index contributed by atoms with van der Waals surface area (Å²) in [5.74, 6) is -2.08. The highest BCUT2D eigenvalue weighted by atomic mass is 16.5. The normalized spacial score (nSPS) is 23.9. The molecule has 5 heteroatoms. The Morgan fingerprint density at radius 3 is 2.53 bits per heavy atom. The zero-order valence-electron chi connectivity index (χ0n) is 9.90. The Balaban J connectivity index is 3.07. The van der Waals surface area contributed by atoms with Gasteiger partial charge in [0.15, 0.2) is 0 Å². The van der Waals surface area contributed by atoms with E-state index in [2.05, 4.69) is 0 Å². The van der Waals surface area contributed by atoms with Crippen LogP contribution in [0.25, 0.3) is 0 Å². The van der Waals surface area contributed by atoms with Crippen molar-refractivity contribution in [2.24, 2.45) is 5.41 Å². The van der Waals surface area contributed by atoms with E-state index >= 15 is 0 Å². The topological polar surface area (TPSA) is 83.8 Å². The molecule has 1 atom stereocenters. The molecule has 0 aromatic carbocycles. The summed E-state index contributed by atoms with van der Waals surface area (Å²) in [4.78, 5) is 22.4. The summed E-state index contributed by atoms with van der Waals surface area (Å²) in [6.07, 6.45) is 3.30. The molecule has 0 aromatic rings. The fourth-order valence-corrected chi connectivity index (χ4v) is 1.97. The van der Waals surface area contributed by atoms with E-state index in [1.54, 1.807) is 13.0 Å². The number of hydrogen-bond donors (Lipinski definition) is 2. The molecule has 0 spiro atoms. The van der Waals surface area contributed by atoms with Crippen LogP contribution in [0.2, 0.25) is 0 Å². The number of rotatable bonds is 5. The molecule has 0 radical (unpaired) electrons. The van der Waals surface area contributed by atoms with Gasteiger partial charge in [0, 0.05) is 19.3 Å². The van der Waals surface area contributed by atoms with E-state index in [0.717, 1.165) is 0 Å². The van der Waals surface area contributed by atoms with Gasteiger partial charge in [-0.3, -0.25) is 4.79 Å². The monoisotopic (exact) mass is 240 g/mol. The van der Waals surface area contributed by atoms with E-state index in [-0.39, 0.29) is 25.0 Å². The first-order valence-electron chi connectivity index (χ1n) is 5.27. The third kappa shape index (κ3) is 2.55. The summed E-state index contributed by atoms with van der Waals surface area (Å²) < 4.78 is 4.91. The third-order valence-electron chi connectivity index (χ3n) is 3.20. The van der Waals surface area contributed by atoms with Crippen LogP contribution in [0.4, 0.5) is 0 Å². The maximum atomic E-state index is 11.4. The SMILES string of the molecule is COCCC1(C(=O)O)CC(C(=O)O)=CC=C1C. The molecule has 0 heterocycles. The lowest BCUT2D eigenvalue weighted by atomic mass is 9.70. The number of aliphatic carboxylic acids is 2. The van der Waals surface area contributed by atoms with Gasteiger partial charge >= 0.3 is 11.9 Å². The Kier molecular flexibility index (Phi) is 4.07. The van der Waals surface area contributed by atoms with Crippen LogP contribution in [0.15, 0.2) is 23.3 Å². The van der Waals surface area contributed by atoms with Crippen LogP contribution < -0.4 is 0 Å². The van der Waals surface area contributed by atoms with Crippen molar-refractivity contribution in [3.05, 3.63) is 23.3 Å². The van der Waals surface area contributed by atoms with Crippen molar-refractivity contribution < 1.29 is 24.5 Å². The Morgan fingerprint density at radius 2 is 2.06 bits per heavy atom. The highest BCUT2D eigenvalue weighted by molar-refractivity contribution is 5.90. The fourth-order valence-electron chi connectivity index (χ4n) is 1.97. The first-order chi connectivity index (χ1) is 7.94. The van der Waals surface area contributed by atoms with Crippen LogP contribution in [0.5, 0.6) is 0 Å². The van der Waals surface area contributed by atoms with Crippen molar-refractivity contribution in [1.82, 2.24) is 0 Å². The summed E-state index contributed by atoms with van der Waals surface area (Å²) in [6, 6.07) is 0. The van der Waals surface area contributed by atoms with Crippen molar-refractivity contribution in [3.63, 3.8) is 0 Å². The van der Waals surface area contributed by atoms with Crippen LogP contribution in [0.1, 0.15) is 19.8 Å². The second-order valence-corrected chi connectivity index (χ2v) is 4.15. The van der Waals surface area contributed by atoms with Crippen LogP contribution in [-0.2, 0) is 14.3 Å². The second kappa shape index (κ2) is 5.14. The van der Waals surface area contributed by atoms with E-state index in [4.69, 9.17) is 9.84 Å². The lowest BCUT2D eigenvalue weighted by Crippen LogP contribution is -2.36. The number of carboxylic acids is 2. The molecule has 1 aliphatic carbocycles. The van der Waals surface area contributed by atoms with Gasteiger partial charge in [-0.1, -0.05) is 17.7 Å². The van der Waals surface area contributed by atoms with Crippen LogP contribution >= 0.6 is 0 Å². The first kappa shape index (κ1) is 13.4. The molecule has 0 saturated heterocycles. The Morgan fingerprint density at radius 1 is 1.41 bits per heavy atom. The number of hydrogen-bond acceptors (Lipinski definition) is 3. The lowest BCUT2D eigenvalue weighted by molar-refractivity contribution is -0.148. The minimum absolute atomic E-state index is 0.00333. The highest BCUT2D eigenvalue weighted by Crippen LogP contribution is 2.41. The number of methoxy groups -OCH3 is 1. The summed E-state index contributed by atoms with van der Waals surface area (Å²) in [7, 11) is 1.49. The molecular formula is C12H16O5. The Labute approximate surface area is 99.4 Å². The molecule has 0 saturated carbocycles. The van der Waals surface area contributed by atoms with Gasteiger partial charge in [-0.05, 0) is 19.8 Å². The average molecular weight is 240 g/mol. The molecule has 0 amide bonds. The summed E-state index contributed by atoms with van der Waals surface area (Å²) in [6.45, 7) is 1.99. The Bertz CT molecular complexity index is 394. The molecule has 0 aliphatic heterocycles. The van der Waals surface area contributed by atoms with Crippen LogP contribution in [-0.4, -0.2) is 35.9 Å². The minimum Gasteiger partial charge on any atom is -0.481 e. The van der Waals surface area contributed by atoms with Gasteiger partial charge < -0.3 is 14.9 Å². The first-order valence-corrected chi connectivity index (χ1v) is 5.27. The molecule has 1 rings (SSSR count).